The Hall–Kier alpha value is -2.54. The first-order valence-electron chi connectivity index (χ1n) is 8.01. The third-order valence-electron chi connectivity index (χ3n) is 4.35. The van der Waals surface area contributed by atoms with Gasteiger partial charge in [0.25, 0.3) is 0 Å². The average molecular weight is 424 g/mol. The number of hydrogen-bond acceptors (Lipinski definition) is 7. The number of piperidine rings is 1. The van der Waals surface area contributed by atoms with Gasteiger partial charge in [-0.05, 0) is 24.3 Å². The van der Waals surface area contributed by atoms with Gasteiger partial charge in [-0.3, -0.25) is 0 Å². The molecule has 28 heavy (non-hydrogen) atoms. The van der Waals surface area contributed by atoms with Crippen LogP contribution in [-0.2, 0) is 19.6 Å². The molecule has 154 valence electrons. The largest absolute Gasteiger partial charge is 0.573 e. The summed E-state index contributed by atoms with van der Waals surface area (Å²) in [5.41, 5.74) is -0.832. The van der Waals surface area contributed by atoms with Crippen molar-refractivity contribution in [1.82, 2.24) is 4.31 Å². The average Bonchev–Trinajstić information content (AvgIpc) is 2.96. The van der Waals surface area contributed by atoms with Gasteiger partial charge in [-0.25, -0.2) is 13.2 Å². The summed E-state index contributed by atoms with van der Waals surface area (Å²) in [4.78, 5) is 15.7. The monoisotopic (exact) mass is 424 g/mol. The molecule has 0 unspecified atom stereocenters. The van der Waals surface area contributed by atoms with Crippen LogP contribution in [0.1, 0.15) is 19.3 Å². The summed E-state index contributed by atoms with van der Waals surface area (Å²) in [5.74, 6) is -0.615. The van der Waals surface area contributed by atoms with Crippen LogP contribution in [0.5, 0.6) is 5.75 Å². The Balaban J connectivity index is 1.63. The number of nitrogens with zero attached hydrogens (tertiary/aromatic N) is 2. The number of sulfonamides is 1. The minimum atomic E-state index is -4.87. The predicted molar refractivity (Wildman–Crippen MR) is 86.1 cm³/mol. The maximum Gasteiger partial charge on any atom is 0.573 e. The van der Waals surface area contributed by atoms with Crippen molar-refractivity contribution in [1.29, 1.82) is 0 Å². The van der Waals surface area contributed by atoms with Crippen LogP contribution in [0.2, 0.25) is 0 Å². The van der Waals surface area contributed by atoms with E-state index in [1.807, 2.05) is 0 Å². The summed E-state index contributed by atoms with van der Waals surface area (Å²) in [5, 5.41) is 12.2. The number of ether oxygens (including phenoxy) is 2. The third kappa shape index (κ3) is 4.47. The fourth-order valence-electron chi connectivity index (χ4n) is 3.01. The van der Waals surface area contributed by atoms with Crippen molar-refractivity contribution < 1.29 is 45.8 Å². The van der Waals surface area contributed by atoms with Crippen LogP contribution in [0, 0.1) is 0 Å². The first-order chi connectivity index (χ1) is 13.0. The second-order valence-corrected chi connectivity index (χ2v) is 8.17. The van der Waals surface area contributed by atoms with Crippen molar-refractivity contribution in [3.8, 4) is 5.75 Å². The number of hydrogen-bond donors (Lipinski definition) is 1. The number of benzene rings is 1. The van der Waals surface area contributed by atoms with Gasteiger partial charge in [0, 0.05) is 25.9 Å². The second kappa shape index (κ2) is 7.13. The summed E-state index contributed by atoms with van der Waals surface area (Å²) >= 11 is 0. The van der Waals surface area contributed by atoms with Crippen LogP contribution in [0.4, 0.5) is 18.0 Å². The van der Waals surface area contributed by atoms with Gasteiger partial charge in [-0.1, -0.05) is 5.16 Å². The summed E-state index contributed by atoms with van der Waals surface area (Å²) in [7, 11) is -3.92. The smallest absolute Gasteiger partial charge is 0.449 e. The van der Waals surface area contributed by atoms with E-state index in [1.54, 1.807) is 0 Å². The van der Waals surface area contributed by atoms with Crippen molar-refractivity contribution in [3.05, 3.63) is 24.3 Å². The lowest BCUT2D eigenvalue weighted by Crippen LogP contribution is -2.46. The van der Waals surface area contributed by atoms with Crippen LogP contribution < -0.4 is 4.74 Å². The Bertz CT molecular complexity index is 876. The Morgan fingerprint density at radius 3 is 2.36 bits per heavy atom. The van der Waals surface area contributed by atoms with E-state index < -0.39 is 33.9 Å². The van der Waals surface area contributed by atoms with Crippen molar-refractivity contribution in [3.63, 3.8) is 0 Å². The summed E-state index contributed by atoms with van der Waals surface area (Å²) in [6.45, 7) is 0.137. The predicted octanol–water partition coefficient (Wildman–Crippen LogP) is 2.54. The standard InChI is InChI=1S/C15H15F3N2O7S/c16-15(17,18)26-10-1-3-11(4-2-10)28(23,24)20-7-5-14(6-8-20)9-12(19-27-14)25-13(21)22/h1-4H,5-9H2,(H,21,22). The molecular weight excluding hydrogens is 409 g/mol. The van der Waals surface area contributed by atoms with E-state index in [0.717, 1.165) is 24.3 Å². The molecule has 0 aromatic heterocycles. The van der Waals surface area contributed by atoms with Crippen LogP contribution >= 0.6 is 0 Å². The molecule has 0 aliphatic carbocycles. The molecule has 1 N–H and O–H groups in total. The topological polar surface area (TPSA) is 115 Å². The Labute approximate surface area is 157 Å². The molecule has 9 nitrogen and oxygen atoms in total. The lowest BCUT2D eigenvalue weighted by atomic mass is 9.89. The van der Waals surface area contributed by atoms with E-state index in [2.05, 4.69) is 14.6 Å². The number of carboxylic acid groups (broad SMARTS) is 1. The molecule has 1 saturated heterocycles. The lowest BCUT2D eigenvalue weighted by Gasteiger charge is -2.36. The SMILES string of the molecule is O=C(O)OC1=NOC2(CCN(S(=O)(=O)c3ccc(OC(F)(F)F)cc3)CC2)C1. The van der Waals surface area contributed by atoms with Gasteiger partial charge >= 0.3 is 12.5 Å². The number of halogens is 3. The van der Waals surface area contributed by atoms with E-state index in [4.69, 9.17) is 9.94 Å². The van der Waals surface area contributed by atoms with Crippen molar-refractivity contribution >= 4 is 22.1 Å². The highest BCUT2D eigenvalue weighted by atomic mass is 32.2. The Morgan fingerprint density at radius 2 is 1.82 bits per heavy atom. The van der Waals surface area contributed by atoms with Gasteiger partial charge in [0.15, 0.2) is 0 Å². The van der Waals surface area contributed by atoms with Gasteiger partial charge in [-0.15, -0.1) is 13.2 Å². The Morgan fingerprint density at radius 1 is 1.21 bits per heavy atom. The zero-order chi connectivity index (χ0) is 20.6. The normalized spacial score (nSPS) is 19.8. The summed E-state index contributed by atoms with van der Waals surface area (Å²) < 4.78 is 71.3. The van der Waals surface area contributed by atoms with E-state index in [9.17, 15) is 26.4 Å². The van der Waals surface area contributed by atoms with Gasteiger partial charge in [0.1, 0.15) is 11.4 Å². The minimum absolute atomic E-state index is 0.0685. The van der Waals surface area contributed by atoms with Gasteiger partial charge in [0.05, 0.1) is 11.3 Å². The second-order valence-electron chi connectivity index (χ2n) is 6.23. The number of alkyl halides is 3. The van der Waals surface area contributed by atoms with E-state index in [0.29, 0.717) is 0 Å². The minimum Gasteiger partial charge on any atom is -0.449 e. The quantitative estimate of drug-likeness (QED) is 0.742. The highest BCUT2D eigenvalue weighted by Gasteiger charge is 2.45. The maximum absolute atomic E-state index is 12.7. The molecule has 2 aliphatic rings. The Kier molecular flexibility index (Phi) is 5.14. The first kappa shape index (κ1) is 20.2. The molecule has 1 aromatic rings. The zero-order valence-corrected chi connectivity index (χ0v) is 15.0. The molecule has 3 rings (SSSR count). The molecule has 0 bridgehead atoms. The molecule has 1 fully saturated rings. The highest BCUT2D eigenvalue weighted by molar-refractivity contribution is 7.89. The summed E-state index contributed by atoms with van der Waals surface area (Å²) in [6, 6.07) is 3.92. The number of rotatable bonds is 3. The van der Waals surface area contributed by atoms with E-state index in [1.165, 1.54) is 4.31 Å². The molecule has 2 heterocycles. The first-order valence-corrected chi connectivity index (χ1v) is 9.45. The molecule has 1 aromatic carbocycles. The number of oxime groups is 1. The van der Waals surface area contributed by atoms with Gasteiger partial charge in [-0.2, -0.15) is 4.31 Å². The van der Waals surface area contributed by atoms with Gasteiger partial charge in [0.2, 0.25) is 15.9 Å². The molecule has 0 radical (unpaired) electrons. The van der Waals surface area contributed by atoms with Crippen LogP contribution in [0.25, 0.3) is 0 Å². The molecular formula is C15H15F3N2O7S. The maximum atomic E-state index is 12.7. The van der Waals surface area contributed by atoms with E-state index >= 15 is 0 Å². The molecule has 2 aliphatic heterocycles. The number of carbonyl (C=O) groups is 1. The molecule has 1 spiro atoms. The van der Waals surface area contributed by atoms with Gasteiger partial charge < -0.3 is 19.4 Å². The van der Waals surface area contributed by atoms with Crippen LogP contribution in [0.15, 0.2) is 34.3 Å². The van der Waals surface area contributed by atoms with Crippen LogP contribution in [-0.4, -0.2) is 54.9 Å². The molecule has 0 atom stereocenters. The fraction of sp³-hybridized carbons (Fsp3) is 0.467. The highest BCUT2D eigenvalue weighted by Crippen LogP contribution is 2.36. The molecule has 0 amide bonds. The van der Waals surface area contributed by atoms with Crippen molar-refractivity contribution in [2.75, 3.05) is 13.1 Å². The molecule has 13 heteroatoms. The third-order valence-corrected chi connectivity index (χ3v) is 6.26. The molecule has 0 saturated carbocycles. The zero-order valence-electron chi connectivity index (χ0n) is 14.2. The van der Waals surface area contributed by atoms with Crippen molar-refractivity contribution in [2.24, 2.45) is 5.16 Å². The summed E-state index contributed by atoms with van der Waals surface area (Å²) in [6.07, 6.45) is -5.78. The van der Waals surface area contributed by atoms with Crippen molar-refractivity contribution in [2.45, 2.75) is 36.1 Å². The fourth-order valence-corrected chi connectivity index (χ4v) is 4.45. The lowest BCUT2D eigenvalue weighted by molar-refractivity contribution is -0.274. The van der Waals surface area contributed by atoms with Crippen LogP contribution in [0.3, 0.4) is 0 Å². The van der Waals surface area contributed by atoms with E-state index in [-0.39, 0.29) is 43.1 Å².